The first-order chi connectivity index (χ1) is 9.56. The monoisotopic (exact) mass is 276 g/mol. The summed E-state index contributed by atoms with van der Waals surface area (Å²) in [5, 5.41) is 4.71. The van der Waals surface area contributed by atoms with E-state index in [0.29, 0.717) is 11.3 Å². The number of amides is 2. The minimum Gasteiger partial charge on any atom is -0.467 e. The van der Waals surface area contributed by atoms with Gasteiger partial charge in [-0.05, 0) is 36.8 Å². The third-order valence-corrected chi connectivity index (χ3v) is 2.64. The van der Waals surface area contributed by atoms with Crippen molar-refractivity contribution in [3.8, 4) is 0 Å². The standard InChI is InChI=1S/C14H13FN2O3/c1-9-4-5-10(7-12(9)15)17-14(19)13(18)16-8-11-3-2-6-20-11/h2-7H,8H2,1H3,(H,16,18)(H,17,19). The van der Waals surface area contributed by atoms with Crippen molar-refractivity contribution in [3.05, 3.63) is 53.7 Å². The zero-order valence-corrected chi connectivity index (χ0v) is 10.8. The van der Waals surface area contributed by atoms with Gasteiger partial charge in [-0.1, -0.05) is 6.07 Å². The van der Waals surface area contributed by atoms with E-state index in [-0.39, 0.29) is 12.2 Å². The number of carbonyl (C=O) groups is 2. The van der Waals surface area contributed by atoms with E-state index in [0.717, 1.165) is 6.07 Å². The van der Waals surface area contributed by atoms with Crippen molar-refractivity contribution < 1.29 is 18.4 Å². The summed E-state index contributed by atoms with van der Waals surface area (Å²) in [6.07, 6.45) is 1.47. The van der Waals surface area contributed by atoms with Gasteiger partial charge in [-0.3, -0.25) is 9.59 Å². The Morgan fingerprint density at radius 3 is 2.70 bits per heavy atom. The first-order valence-corrected chi connectivity index (χ1v) is 5.94. The van der Waals surface area contributed by atoms with Crippen LogP contribution in [0.15, 0.2) is 41.0 Å². The Morgan fingerprint density at radius 2 is 2.05 bits per heavy atom. The maximum atomic E-state index is 13.3. The number of hydrogen-bond donors (Lipinski definition) is 2. The molecule has 0 spiro atoms. The van der Waals surface area contributed by atoms with Crippen LogP contribution >= 0.6 is 0 Å². The third-order valence-electron chi connectivity index (χ3n) is 2.64. The summed E-state index contributed by atoms with van der Waals surface area (Å²) in [5.41, 5.74) is 0.691. The van der Waals surface area contributed by atoms with E-state index >= 15 is 0 Å². The number of carbonyl (C=O) groups excluding carboxylic acids is 2. The summed E-state index contributed by atoms with van der Waals surface area (Å²) in [5.74, 6) is -1.59. The zero-order valence-electron chi connectivity index (χ0n) is 10.8. The Morgan fingerprint density at radius 1 is 1.25 bits per heavy atom. The van der Waals surface area contributed by atoms with Crippen molar-refractivity contribution in [2.45, 2.75) is 13.5 Å². The van der Waals surface area contributed by atoms with Gasteiger partial charge in [0.2, 0.25) is 0 Å². The average molecular weight is 276 g/mol. The lowest BCUT2D eigenvalue weighted by molar-refractivity contribution is -0.136. The van der Waals surface area contributed by atoms with Crippen LogP contribution in [0.3, 0.4) is 0 Å². The summed E-state index contributed by atoms with van der Waals surface area (Å²) in [6, 6.07) is 7.55. The van der Waals surface area contributed by atoms with Crippen molar-refractivity contribution >= 4 is 17.5 Å². The molecular formula is C14H13FN2O3. The Labute approximate surface area is 114 Å². The lowest BCUT2D eigenvalue weighted by Gasteiger charge is -2.06. The van der Waals surface area contributed by atoms with Crippen LogP contribution in [0.4, 0.5) is 10.1 Å². The van der Waals surface area contributed by atoms with Gasteiger partial charge in [0.1, 0.15) is 11.6 Å². The SMILES string of the molecule is Cc1ccc(NC(=O)C(=O)NCc2ccco2)cc1F. The van der Waals surface area contributed by atoms with E-state index in [4.69, 9.17) is 4.42 Å². The number of halogens is 1. The van der Waals surface area contributed by atoms with E-state index in [1.165, 1.54) is 18.4 Å². The lowest BCUT2D eigenvalue weighted by Crippen LogP contribution is -2.34. The molecule has 104 valence electrons. The molecule has 1 aromatic heterocycles. The second kappa shape index (κ2) is 6.01. The summed E-state index contributed by atoms with van der Waals surface area (Å²) in [6.45, 7) is 1.72. The van der Waals surface area contributed by atoms with E-state index in [1.807, 2.05) is 0 Å². The Kier molecular flexibility index (Phi) is 4.14. The molecule has 2 N–H and O–H groups in total. The predicted molar refractivity (Wildman–Crippen MR) is 70.3 cm³/mol. The molecule has 0 saturated heterocycles. The Balaban J connectivity index is 1.90. The number of rotatable bonds is 3. The van der Waals surface area contributed by atoms with Gasteiger partial charge in [0.15, 0.2) is 0 Å². The molecule has 0 fully saturated rings. The predicted octanol–water partition coefficient (Wildman–Crippen LogP) is 1.98. The largest absolute Gasteiger partial charge is 0.467 e. The summed E-state index contributed by atoms with van der Waals surface area (Å²) in [7, 11) is 0. The van der Waals surface area contributed by atoms with Crippen LogP contribution in [0, 0.1) is 12.7 Å². The highest BCUT2D eigenvalue weighted by molar-refractivity contribution is 6.39. The van der Waals surface area contributed by atoms with Gasteiger partial charge in [0.05, 0.1) is 12.8 Å². The Hall–Kier alpha value is -2.63. The fourth-order valence-electron chi connectivity index (χ4n) is 1.52. The zero-order chi connectivity index (χ0) is 14.5. The topological polar surface area (TPSA) is 71.3 Å². The van der Waals surface area contributed by atoms with Gasteiger partial charge in [-0.25, -0.2) is 4.39 Å². The van der Waals surface area contributed by atoms with Gasteiger partial charge < -0.3 is 15.1 Å². The van der Waals surface area contributed by atoms with E-state index in [9.17, 15) is 14.0 Å². The Bertz CT molecular complexity index is 623. The van der Waals surface area contributed by atoms with Crippen molar-refractivity contribution in [1.29, 1.82) is 0 Å². The van der Waals surface area contributed by atoms with Gasteiger partial charge in [0, 0.05) is 5.69 Å². The molecular weight excluding hydrogens is 263 g/mol. The molecule has 0 aliphatic carbocycles. The smallest absolute Gasteiger partial charge is 0.313 e. The number of benzene rings is 1. The van der Waals surface area contributed by atoms with Crippen molar-refractivity contribution in [1.82, 2.24) is 5.32 Å². The molecule has 0 aliphatic heterocycles. The van der Waals surface area contributed by atoms with Gasteiger partial charge >= 0.3 is 11.8 Å². The minimum absolute atomic E-state index is 0.113. The van der Waals surface area contributed by atoms with E-state index in [2.05, 4.69) is 10.6 Å². The highest BCUT2D eigenvalue weighted by atomic mass is 19.1. The van der Waals surface area contributed by atoms with Crippen LogP contribution in [0.25, 0.3) is 0 Å². The molecule has 6 heteroatoms. The molecule has 1 aromatic carbocycles. The first kappa shape index (κ1) is 13.8. The second-order valence-corrected chi connectivity index (χ2v) is 4.18. The summed E-state index contributed by atoms with van der Waals surface area (Å²) in [4.78, 5) is 23.1. The molecule has 0 aliphatic rings. The third kappa shape index (κ3) is 3.44. The second-order valence-electron chi connectivity index (χ2n) is 4.18. The minimum atomic E-state index is -0.861. The number of furan rings is 1. The number of nitrogens with one attached hydrogen (secondary N) is 2. The van der Waals surface area contributed by atoms with Crippen molar-refractivity contribution in [2.75, 3.05) is 5.32 Å². The van der Waals surface area contributed by atoms with E-state index in [1.54, 1.807) is 19.1 Å². The fourth-order valence-corrected chi connectivity index (χ4v) is 1.52. The van der Waals surface area contributed by atoms with Gasteiger partial charge in [0.25, 0.3) is 0 Å². The highest BCUT2D eigenvalue weighted by Gasteiger charge is 2.14. The van der Waals surface area contributed by atoms with E-state index < -0.39 is 17.6 Å². The lowest BCUT2D eigenvalue weighted by atomic mass is 10.2. The first-order valence-electron chi connectivity index (χ1n) is 5.94. The van der Waals surface area contributed by atoms with Crippen LogP contribution in [0.2, 0.25) is 0 Å². The van der Waals surface area contributed by atoms with Gasteiger partial charge in [-0.15, -0.1) is 0 Å². The van der Waals surface area contributed by atoms with Crippen LogP contribution < -0.4 is 10.6 Å². The van der Waals surface area contributed by atoms with Crippen molar-refractivity contribution in [3.63, 3.8) is 0 Å². The molecule has 0 saturated carbocycles. The van der Waals surface area contributed by atoms with Crippen LogP contribution in [-0.2, 0) is 16.1 Å². The quantitative estimate of drug-likeness (QED) is 0.842. The molecule has 0 atom stereocenters. The molecule has 2 amide bonds. The maximum Gasteiger partial charge on any atom is 0.313 e. The molecule has 2 aromatic rings. The molecule has 1 heterocycles. The number of hydrogen-bond acceptors (Lipinski definition) is 3. The highest BCUT2D eigenvalue weighted by Crippen LogP contribution is 2.13. The van der Waals surface area contributed by atoms with Crippen LogP contribution in [-0.4, -0.2) is 11.8 Å². The molecule has 0 bridgehead atoms. The van der Waals surface area contributed by atoms with Crippen LogP contribution in [0.5, 0.6) is 0 Å². The summed E-state index contributed by atoms with van der Waals surface area (Å²) < 4.78 is 18.3. The van der Waals surface area contributed by atoms with Crippen LogP contribution in [0.1, 0.15) is 11.3 Å². The number of aryl methyl sites for hydroxylation is 1. The van der Waals surface area contributed by atoms with Crippen molar-refractivity contribution in [2.24, 2.45) is 0 Å². The molecule has 2 rings (SSSR count). The normalized spacial score (nSPS) is 10.1. The maximum absolute atomic E-state index is 13.3. The molecule has 20 heavy (non-hydrogen) atoms. The molecule has 0 radical (unpaired) electrons. The fraction of sp³-hybridized carbons (Fsp3) is 0.143. The van der Waals surface area contributed by atoms with Gasteiger partial charge in [-0.2, -0.15) is 0 Å². The average Bonchev–Trinajstić information content (AvgIpc) is 2.93. The number of anilines is 1. The summed E-state index contributed by atoms with van der Waals surface area (Å²) >= 11 is 0. The molecule has 0 unspecified atom stereocenters. The molecule has 5 nitrogen and oxygen atoms in total.